The number of allylic oxidation sites excluding steroid dienone is 5. The van der Waals surface area contributed by atoms with Crippen molar-refractivity contribution in [2.45, 2.75) is 50.6 Å². The first kappa shape index (κ1) is 19.6. The van der Waals surface area contributed by atoms with Crippen LogP contribution in [0.4, 0.5) is 0 Å². The summed E-state index contributed by atoms with van der Waals surface area (Å²) in [6, 6.07) is 0. The van der Waals surface area contributed by atoms with Crippen LogP contribution in [0, 0.1) is 0 Å². The lowest BCUT2D eigenvalue weighted by Crippen LogP contribution is -2.56. The van der Waals surface area contributed by atoms with E-state index in [0.717, 1.165) is 0 Å². The molecule has 0 bridgehead atoms. The zero-order valence-electron chi connectivity index (χ0n) is 15.4. The number of hydrogen-bond donors (Lipinski definition) is 0. The van der Waals surface area contributed by atoms with E-state index in [0.29, 0.717) is 6.42 Å². The molecule has 2 saturated heterocycles. The average molecular weight is 388 g/mol. The van der Waals surface area contributed by atoms with Crippen LogP contribution in [0.15, 0.2) is 48.1 Å². The first-order valence-electron chi connectivity index (χ1n) is 8.91. The van der Waals surface area contributed by atoms with Crippen molar-refractivity contribution in [3.05, 3.63) is 48.1 Å². The Kier molecular flexibility index (Phi) is 5.22. The van der Waals surface area contributed by atoms with Gasteiger partial charge in [0.25, 0.3) is 11.6 Å². The molecular formula is C20H20O8. The maximum Gasteiger partial charge on any atom is 0.348 e. The summed E-state index contributed by atoms with van der Waals surface area (Å²) in [6.45, 7) is 5.26. The van der Waals surface area contributed by atoms with Gasteiger partial charge in [-0.2, -0.15) is 0 Å². The molecule has 0 aromatic carbocycles. The SMILES string of the molecule is C=CCC=C1C(=O)OC2(CCC3(CC2)OC(=O)C(=CC=CC)C(=O)O3)OC1=O. The molecule has 2 spiro atoms. The Hall–Kier alpha value is -3.16. The first-order valence-corrected chi connectivity index (χ1v) is 8.91. The van der Waals surface area contributed by atoms with Crippen LogP contribution in [0.2, 0.25) is 0 Å². The summed E-state index contributed by atoms with van der Waals surface area (Å²) in [6.07, 6.45) is 7.90. The van der Waals surface area contributed by atoms with Gasteiger partial charge in [0.15, 0.2) is 0 Å². The molecular weight excluding hydrogens is 368 g/mol. The Morgan fingerprint density at radius 3 is 1.64 bits per heavy atom. The second-order valence-corrected chi connectivity index (χ2v) is 6.63. The van der Waals surface area contributed by atoms with E-state index in [2.05, 4.69) is 6.58 Å². The Morgan fingerprint density at radius 1 is 0.821 bits per heavy atom. The van der Waals surface area contributed by atoms with E-state index in [9.17, 15) is 19.2 Å². The molecule has 0 unspecified atom stereocenters. The van der Waals surface area contributed by atoms with Crippen LogP contribution in [0.5, 0.6) is 0 Å². The molecule has 148 valence electrons. The highest BCUT2D eigenvalue weighted by atomic mass is 16.8. The molecule has 3 aliphatic rings. The summed E-state index contributed by atoms with van der Waals surface area (Å²) in [7, 11) is 0. The third kappa shape index (κ3) is 3.62. The predicted octanol–water partition coefficient (Wildman–Crippen LogP) is 2.16. The van der Waals surface area contributed by atoms with Crippen molar-refractivity contribution >= 4 is 23.9 Å². The molecule has 0 N–H and O–H groups in total. The maximum absolute atomic E-state index is 12.2. The fourth-order valence-electron chi connectivity index (χ4n) is 3.22. The van der Waals surface area contributed by atoms with E-state index < -0.39 is 35.5 Å². The molecule has 3 rings (SSSR count). The molecule has 0 atom stereocenters. The molecule has 8 nitrogen and oxygen atoms in total. The van der Waals surface area contributed by atoms with Crippen LogP contribution in [-0.4, -0.2) is 35.5 Å². The van der Waals surface area contributed by atoms with Gasteiger partial charge in [-0.3, -0.25) is 0 Å². The highest BCUT2D eigenvalue weighted by molar-refractivity contribution is 6.16. The monoisotopic (exact) mass is 388 g/mol. The van der Waals surface area contributed by atoms with E-state index in [1.165, 1.54) is 24.3 Å². The molecule has 3 fully saturated rings. The summed E-state index contributed by atoms with van der Waals surface area (Å²) >= 11 is 0. The molecule has 0 aromatic heterocycles. The van der Waals surface area contributed by atoms with Gasteiger partial charge in [-0.15, -0.1) is 6.58 Å². The molecule has 1 saturated carbocycles. The van der Waals surface area contributed by atoms with Crippen molar-refractivity contribution in [2.75, 3.05) is 0 Å². The third-order valence-corrected chi connectivity index (χ3v) is 4.71. The number of rotatable bonds is 3. The summed E-state index contributed by atoms with van der Waals surface area (Å²) in [5, 5.41) is 0. The summed E-state index contributed by atoms with van der Waals surface area (Å²) < 4.78 is 21.5. The lowest BCUT2D eigenvalue weighted by molar-refractivity contribution is -0.291. The lowest BCUT2D eigenvalue weighted by atomic mass is 9.87. The van der Waals surface area contributed by atoms with E-state index in [-0.39, 0.29) is 36.8 Å². The standard InChI is InChI=1S/C20H20O8/c1-3-5-7-13-15(21)25-19(26-16(13)22)9-11-20(12-10-19)27-17(23)14(8-6-4-2)18(24)28-20/h3-4,6-8H,1,5,9-12H2,2H3. The van der Waals surface area contributed by atoms with Crippen molar-refractivity contribution in [2.24, 2.45) is 0 Å². The van der Waals surface area contributed by atoms with E-state index in [1.54, 1.807) is 13.0 Å². The smallest absolute Gasteiger partial charge is 0.348 e. The largest absolute Gasteiger partial charge is 0.419 e. The Morgan fingerprint density at radius 2 is 1.25 bits per heavy atom. The highest BCUT2D eigenvalue weighted by Gasteiger charge is 2.56. The van der Waals surface area contributed by atoms with Gasteiger partial charge in [0.05, 0.1) is 0 Å². The minimum atomic E-state index is -1.45. The van der Waals surface area contributed by atoms with Gasteiger partial charge in [-0.1, -0.05) is 24.3 Å². The minimum Gasteiger partial charge on any atom is -0.419 e. The normalized spacial score (nSPS) is 30.0. The van der Waals surface area contributed by atoms with E-state index in [1.807, 2.05) is 0 Å². The maximum atomic E-state index is 12.2. The molecule has 8 heteroatoms. The van der Waals surface area contributed by atoms with Gasteiger partial charge in [-0.25, -0.2) is 19.2 Å². The summed E-state index contributed by atoms with van der Waals surface area (Å²) in [4.78, 5) is 48.8. The van der Waals surface area contributed by atoms with Crippen molar-refractivity contribution in [3.63, 3.8) is 0 Å². The van der Waals surface area contributed by atoms with Crippen LogP contribution in [0.3, 0.4) is 0 Å². The predicted molar refractivity (Wildman–Crippen MR) is 94.1 cm³/mol. The second-order valence-electron chi connectivity index (χ2n) is 6.63. The van der Waals surface area contributed by atoms with Gasteiger partial charge in [0.1, 0.15) is 11.1 Å². The van der Waals surface area contributed by atoms with Crippen LogP contribution in [0.1, 0.15) is 39.0 Å². The molecule has 2 heterocycles. The number of esters is 4. The van der Waals surface area contributed by atoms with Crippen molar-refractivity contribution in [3.8, 4) is 0 Å². The number of ether oxygens (including phenoxy) is 4. The van der Waals surface area contributed by atoms with Crippen molar-refractivity contribution < 1.29 is 38.1 Å². The Bertz CT molecular complexity index is 777. The Balaban J connectivity index is 1.71. The molecule has 0 amide bonds. The fourth-order valence-corrected chi connectivity index (χ4v) is 3.22. The molecule has 0 radical (unpaired) electrons. The minimum absolute atomic E-state index is 0.0354. The lowest BCUT2D eigenvalue weighted by Gasteiger charge is -2.46. The summed E-state index contributed by atoms with van der Waals surface area (Å²) in [5.74, 6) is -6.02. The van der Waals surface area contributed by atoms with Gasteiger partial charge in [0.2, 0.25) is 0 Å². The highest BCUT2D eigenvalue weighted by Crippen LogP contribution is 2.45. The van der Waals surface area contributed by atoms with Gasteiger partial charge in [-0.05, 0) is 19.4 Å². The fraction of sp³-hybridized carbons (Fsp3) is 0.400. The summed E-state index contributed by atoms with van der Waals surface area (Å²) in [5.41, 5.74) is -0.378. The quantitative estimate of drug-likeness (QED) is 0.313. The third-order valence-electron chi connectivity index (χ3n) is 4.71. The number of hydrogen-bond acceptors (Lipinski definition) is 8. The van der Waals surface area contributed by atoms with Crippen LogP contribution in [0.25, 0.3) is 0 Å². The van der Waals surface area contributed by atoms with Crippen LogP contribution in [-0.2, 0) is 38.1 Å². The number of carbonyl (C=O) groups excluding carboxylic acids is 4. The topological polar surface area (TPSA) is 105 Å². The van der Waals surface area contributed by atoms with Gasteiger partial charge >= 0.3 is 23.9 Å². The van der Waals surface area contributed by atoms with E-state index >= 15 is 0 Å². The Labute approximate surface area is 161 Å². The second kappa shape index (κ2) is 7.46. The van der Waals surface area contributed by atoms with Crippen LogP contribution >= 0.6 is 0 Å². The van der Waals surface area contributed by atoms with Gasteiger partial charge < -0.3 is 18.9 Å². The zero-order valence-corrected chi connectivity index (χ0v) is 15.4. The van der Waals surface area contributed by atoms with Crippen molar-refractivity contribution in [1.29, 1.82) is 0 Å². The molecule has 28 heavy (non-hydrogen) atoms. The van der Waals surface area contributed by atoms with Crippen molar-refractivity contribution in [1.82, 2.24) is 0 Å². The average Bonchev–Trinajstić information content (AvgIpc) is 2.64. The zero-order chi connectivity index (χ0) is 20.4. The molecule has 1 aliphatic carbocycles. The van der Waals surface area contributed by atoms with Crippen LogP contribution < -0.4 is 0 Å². The molecule has 0 aromatic rings. The number of carbonyl (C=O) groups is 4. The molecule has 2 aliphatic heterocycles. The van der Waals surface area contributed by atoms with E-state index in [4.69, 9.17) is 18.9 Å². The first-order chi connectivity index (χ1) is 13.3. The van der Waals surface area contributed by atoms with Gasteiger partial charge in [0, 0.05) is 25.7 Å².